The van der Waals surface area contributed by atoms with Crippen molar-refractivity contribution in [2.75, 3.05) is 7.11 Å². The zero-order valence-electron chi connectivity index (χ0n) is 9.03. The normalized spacial score (nSPS) is 19.2. The molecule has 5 heteroatoms. The van der Waals surface area contributed by atoms with E-state index in [2.05, 4.69) is 10.6 Å². The molecular formula is C11H12N2O3. The molecule has 0 aliphatic carbocycles. The monoisotopic (exact) mass is 220 g/mol. The van der Waals surface area contributed by atoms with Crippen LogP contribution in [0, 0.1) is 6.92 Å². The van der Waals surface area contributed by atoms with Crippen LogP contribution < -0.4 is 15.4 Å². The van der Waals surface area contributed by atoms with Crippen LogP contribution in [0.1, 0.15) is 17.2 Å². The Labute approximate surface area is 92.8 Å². The van der Waals surface area contributed by atoms with E-state index < -0.39 is 12.1 Å². The number of methoxy groups -OCH3 is 1. The smallest absolute Gasteiger partial charge is 0.322 e. The molecule has 1 fully saturated rings. The second kappa shape index (κ2) is 3.84. The molecule has 1 aliphatic heterocycles. The maximum Gasteiger partial charge on any atom is 0.322 e. The summed E-state index contributed by atoms with van der Waals surface area (Å²) in [5.41, 5.74) is 1.68. The molecule has 0 radical (unpaired) electrons. The number of benzene rings is 1. The lowest BCUT2D eigenvalue weighted by Crippen LogP contribution is -2.22. The first-order valence-corrected chi connectivity index (χ1v) is 4.87. The van der Waals surface area contributed by atoms with Crippen LogP contribution in [-0.2, 0) is 4.79 Å². The summed E-state index contributed by atoms with van der Waals surface area (Å²) in [7, 11) is 1.59. The second-order valence-corrected chi connectivity index (χ2v) is 3.62. The average Bonchev–Trinajstić information content (AvgIpc) is 2.58. The molecule has 2 N–H and O–H groups in total. The number of carbonyl (C=O) groups is 2. The molecule has 0 spiro atoms. The SMILES string of the molecule is COc1ccc([C@H]2NC(=O)NC2=O)cc1C. The summed E-state index contributed by atoms with van der Waals surface area (Å²) in [6.45, 7) is 1.89. The average molecular weight is 220 g/mol. The summed E-state index contributed by atoms with van der Waals surface area (Å²) >= 11 is 0. The summed E-state index contributed by atoms with van der Waals surface area (Å²) in [6.07, 6.45) is 0. The number of aryl methyl sites for hydroxylation is 1. The van der Waals surface area contributed by atoms with Gasteiger partial charge >= 0.3 is 6.03 Å². The highest BCUT2D eigenvalue weighted by atomic mass is 16.5. The van der Waals surface area contributed by atoms with Crippen LogP contribution >= 0.6 is 0 Å². The molecule has 5 nitrogen and oxygen atoms in total. The molecule has 1 aromatic carbocycles. The number of amides is 3. The molecule has 0 unspecified atom stereocenters. The summed E-state index contributed by atoms with van der Waals surface area (Å²) in [6, 6.07) is 4.32. The molecule has 0 aromatic heterocycles. The van der Waals surface area contributed by atoms with Crippen LogP contribution in [0.25, 0.3) is 0 Å². The molecule has 0 bridgehead atoms. The third kappa shape index (κ3) is 1.71. The van der Waals surface area contributed by atoms with Gasteiger partial charge < -0.3 is 10.1 Å². The lowest BCUT2D eigenvalue weighted by molar-refractivity contribution is -0.120. The Morgan fingerprint density at radius 1 is 1.31 bits per heavy atom. The van der Waals surface area contributed by atoms with Crippen LogP contribution in [0.3, 0.4) is 0 Å². The third-order valence-corrected chi connectivity index (χ3v) is 2.53. The van der Waals surface area contributed by atoms with Crippen LogP contribution in [0.5, 0.6) is 5.75 Å². The first kappa shape index (κ1) is 10.5. The minimum Gasteiger partial charge on any atom is -0.496 e. The fourth-order valence-electron chi connectivity index (χ4n) is 1.73. The zero-order valence-corrected chi connectivity index (χ0v) is 9.03. The van der Waals surface area contributed by atoms with Crippen molar-refractivity contribution in [2.24, 2.45) is 0 Å². The standard InChI is InChI=1S/C11H12N2O3/c1-6-5-7(3-4-8(6)16-2)9-10(14)13-11(15)12-9/h3-5,9H,1-2H3,(H2,12,13,14,15)/t9-/m1/s1. The Balaban J connectivity index is 2.31. The number of hydrogen-bond acceptors (Lipinski definition) is 3. The predicted molar refractivity (Wildman–Crippen MR) is 57.1 cm³/mol. The minimum atomic E-state index is -0.600. The van der Waals surface area contributed by atoms with Gasteiger partial charge in [-0.05, 0) is 30.2 Å². The molecular weight excluding hydrogens is 208 g/mol. The van der Waals surface area contributed by atoms with Gasteiger partial charge in [-0.2, -0.15) is 0 Å². The third-order valence-electron chi connectivity index (χ3n) is 2.53. The van der Waals surface area contributed by atoms with E-state index in [0.717, 1.165) is 16.9 Å². The molecule has 1 aromatic rings. The van der Waals surface area contributed by atoms with Crippen molar-refractivity contribution < 1.29 is 14.3 Å². The summed E-state index contributed by atoms with van der Waals surface area (Å²) < 4.78 is 5.12. The zero-order chi connectivity index (χ0) is 11.7. The molecule has 16 heavy (non-hydrogen) atoms. The van der Waals surface area contributed by atoms with Crippen molar-refractivity contribution in [2.45, 2.75) is 13.0 Å². The van der Waals surface area contributed by atoms with E-state index in [-0.39, 0.29) is 5.91 Å². The van der Waals surface area contributed by atoms with Gasteiger partial charge in [-0.3, -0.25) is 10.1 Å². The van der Waals surface area contributed by atoms with Crippen molar-refractivity contribution in [3.05, 3.63) is 29.3 Å². The number of ether oxygens (including phenoxy) is 1. The molecule has 3 amide bonds. The van der Waals surface area contributed by atoms with Crippen LogP contribution in [0.4, 0.5) is 4.79 Å². The van der Waals surface area contributed by atoms with Gasteiger partial charge in [0.15, 0.2) is 0 Å². The molecule has 84 valence electrons. The summed E-state index contributed by atoms with van der Waals surface area (Å²) in [5, 5.41) is 4.74. The number of nitrogens with one attached hydrogen (secondary N) is 2. The number of rotatable bonds is 2. The largest absolute Gasteiger partial charge is 0.496 e. The van der Waals surface area contributed by atoms with Crippen molar-refractivity contribution in [1.29, 1.82) is 0 Å². The number of imide groups is 1. The highest BCUT2D eigenvalue weighted by molar-refractivity contribution is 6.04. The molecule has 2 rings (SSSR count). The van der Waals surface area contributed by atoms with Gasteiger partial charge in [0.05, 0.1) is 7.11 Å². The number of hydrogen-bond donors (Lipinski definition) is 2. The van der Waals surface area contributed by atoms with Gasteiger partial charge in [0, 0.05) is 0 Å². The van der Waals surface area contributed by atoms with E-state index in [4.69, 9.17) is 4.74 Å². The maximum absolute atomic E-state index is 11.4. The van der Waals surface area contributed by atoms with Gasteiger partial charge in [0.25, 0.3) is 5.91 Å². The van der Waals surface area contributed by atoms with Gasteiger partial charge in [0.2, 0.25) is 0 Å². The second-order valence-electron chi connectivity index (χ2n) is 3.62. The van der Waals surface area contributed by atoms with Crippen LogP contribution in [0.2, 0.25) is 0 Å². The number of carbonyl (C=O) groups excluding carboxylic acids is 2. The first-order chi connectivity index (χ1) is 7.61. The van der Waals surface area contributed by atoms with Crippen molar-refractivity contribution >= 4 is 11.9 Å². The minimum absolute atomic E-state index is 0.324. The molecule has 1 atom stereocenters. The Kier molecular flexibility index (Phi) is 2.52. The van der Waals surface area contributed by atoms with Crippen molar-refractivity contribution in [3.63, 3.8) is 0 Å². The van der Waals surface area contributed by atoms with E-state index in [1.807, 2.05) is 13.0 Å². The summed E-state index contributed by atoms with van der Waals surface area (Å²) in [4.78, 5) is 22.4. The molecule has 1 heterocycles. The molecule has 1 saturated heterocycles. The van der Waals surface area contributed by atoms with E-state index in [1.54, 1.807) is 19.2 Å². The highest BCUT2D eigenvalue weighted by Crippen LogP contribution is 2.23. The Bertz CT molecular complexity index is 457. The highest BCUT2D eigenvalue weighted by Gasteiger charge is 2.30. The van der Waals surface area contributed by atoms with Crippen molar-refractivity contribution in [1.82, 2.24) is 10.6 Å². The van der Waals surface area contributed by atoms with Gasteiger partial charge in [-0.1, -0.05) is 6.07 Å². The van der Waals surface area contributed by atoms with E-state index in [1.165, 1.54) is 0 Å². The van der Waals surface area contributed by atoms with Gasteiger partial charge in [-0.25, -0.2) is 4.79 Å². The Morgan fingerprint density at radius 2 is 2.06 bits per heavy atom. The van der Waals surface area contributed by atoms with Crippen LogP contribution in [-0.4, -0.2) is 19.0 Å². The topological polar surface area (TPSA) is 67.4 Å². The first-order valence-electron chi connectivity index (χ1n) is 4.87. The fourth-order valence-corrected chi connectivity index (χ4v) is 1.73. The maximum atomic E-state index is 11.4. The fraction of sp³-hybridized carbons (Fsp3) is 0.273. The van der Waals surface area contributed by atoms with Gasteiger partial charge in [0.1, 0.15) is 11.8 Å². The van der Waals surface area contributed by atoms with Crippen molar-refractivity contribution in [3.8, 4) is 5.75 Å². The molecule has 1 aliphatic rings. The van der Waals surface area contributed by atoms with E-state index in [0.29, 0.717) is 0 Å². The van der Waals surface area contributed by atoms with E-state index >= 15 is 0 Å². The quantitative estimate of drug-likeness (QED) is 0.727. The number of urea groups is 1. The summed E-state index contributed by atoms with van der Waals surface area (Å²) in [5.74, 6) is 0.433. The lowest BCUT2D eigenvalue weighted by atomic mass is 10.0. The van der Waals surface area contributed by atoms with E-state index in [9.17, 15) is 9.59 Å². The lowest BCUT2D eigenvalue weighted by Gasteiger charge is -2.10. The van der Waals surface area contributed by atoms with Crippen LogP contribution in [0.15, 0.2) is 18.2 Å². The predicted octanol–water partition coefficient (Wildman–Crippen LogP) is 0.884. The van der Waals surface area contributed by atoms with Gasteiger partial charge in [-0.15, -0.1) is 0 Å². The Hall–Kier alpha value is -2.04. The molecule has 0 saturated carbocycles. The Morgan fingerprint density at radius 3 is 2.56 bits per heavy atom.